The highest BCUT2D eigenvalue weighted by molar-refractivity contribution is 7.89. The number of rotatable bonds is 7. The predicted octanol–water partition coefficient (Wildman–Crippen LogP) is 3.62. The number of benzene rings is 2. The van der Waals surface area contributed by atoms with Crippen molar-refractivity contribution in [3.05, 3.63) is 78.4 Å². The highest BCUT2D eigenvalue weighted by Gasteiger charge is 2.37. The Labute approximate surface area is 226 Å². The van der Waals surface area contributed by atoms with Crippen LogP contribution in [-0.2, 0) is 16.6 Å². The van der Waals surface area contributed by atoms with Gasteiger partial charge in [0, 0.05) is 36.2 Å². The summed E-state index contributed by atoms with van der Waals surface area (Å²) < 4.78 is 30.2. The van der Waals surface area contributed by atoms with Gasteiger partial charge in [0.25, 0.3) is 0 Å². The second-order valence-corrected chi connectivity index (χ2v) is 12.7. The largest absolute Gasteiger partial charge is 0.382 e. The van der Waals surface area contributed by atoms with E-state index in [4.69, 9.17) is 10.8 Å². The highest BCUT2D eigenvalue weighted by Crippen LogP contribution is 2.34. The van der Waals surface area contributed by atoms with Crippen molar-refractivity contribution in [1.29, 1.82) is 0 Å². The summed E-state index contributed by atoms with van der Waals surface area (Å²) in [4.78, 5) is 17.9. The van der Waals surface area contributed by atoms with Crippen LogP contribution in [0.4, 0.5) is 5.82 Å². The zero-order chi connectivity index (χ0) is 27.3. The third-order valence-electron chi connectivity index (χ3n) is 7.37. The molecule has 4 heterocycles. The van der Waals surface area contributed by atoms with E-state index in [0.29, 0.717) is 30.7 Å². The van der Waals surface area contributed by atoms with Gasteiger partial charge in [-0.05, 0) is 43.5 Å². The van der Waals surface area contributed by atoms with Gasteiger partial charge < -0.3 is 5.73 Å². The average Bonchev–Trinajstić information content (AvgIpc) is 3.66. The number of carbonyl (C=O) groups is 1. The topological polar surface area (TPSA) is 128 Å². The zero-order valence-electron chi connectivity index (χ0n) is 21.7. The van der Waals surface area contributed by atoms with Crippen molar-refractivity contribution in [3.63, 3.8) is 0 Å². The lowest BCUT2D eigenvalue weighted by atomic mass is 10.00. The summed E-state index contributed by atoms with van der Waals surface area (Å²) in [6.07, 6.45) is 3.79. The summed E-state index contributed by atoms with van der Waals surface area (Å²) in [5, 5.41) is 9.57. The number of nitrogen functional groups attached to an aromatic ring is 1. The third-order valence-corrected chi connectivity index (χ3v) is 9.61. The summed E-state index contributed by atoms with van der Waals surface area (Å²) in [6.45, 7) is 4.45. The summed E-state index contributed by atoms with van der Waals surface area (Å²) in [7, 11) is -3.43. The molecule has 2 aromatic carbocycles. The van der Waals surface area contributed by atoms with Crippen LogP contribution in [-0.4, -0.2) is 61.2 Å². The number of hydrogen-bond donors (Lipinski definition) is 1. The normalized spacial score (nSPS) is 16.5. The molecule has 2 N–H and O–H groups in total. The summed E-state index contributed by atoms with van der Waals surface area (Å²) >= 11 is 0. The Morgan fingerprint density at radius 1 is 1.13 bits per heavy atom. The average molecular weight is 544 g/mol. The molecule has 39 heavy (non-hydrogen) atoms. The fourth-order valence-electron chi connectivity index (χ4n) is 5.23. The third kappa shape index (κ3) is 4.47. The lowest BCUT2D eigenvalue weighted by molar-refractivity contribution is 0.0920. The van der Waals surface area contributed by atoms with Crippen LogP contribution in [0.25, 0.3) is 27.5 Å². The van der Waals surface area contributed by atoms with Crippen LogP contribution in [0.15, 0.2) is 67.1 Å². The fraction of sp³-hybridized carbons (Fsp3) is 0.286. The molecule has 0 saturated carbocycles. The van der Waals surface area contributed by atoms with Gasteiger partial charge in [0.05, 0.1) is 17.3 Å². The Morgan fingerprint density at radius 3 is 2.69 bits per heavy atom. The van der Waals surface area contributed by atoms with Crippen molar-refractivity contribution in [1.82, 2.24) is 28.7 Å². The van der Waals surface area contributed by atoms with Crippen molar-refractivity contribution in [3.8, 4) is 11.1 Å². The molecule has 0 radical (unpaired) electrons. The Hall–Kier alpha value is -4.09. The molecular weight excluding hydrogens is 514 g/mol. The molecule has 10 nitrogen and oxygen atoms in total. The summed E-state index contributed by atoms with van der Waals surface area (Å²) in [5.41, 5.74) is 10.7. The van der Waals surface area contributed by atoms with E-state index >= 15 is 0 Å². The van der Waals surface area contributed by atoms with E-state index < -0.39 is 21.2 Å². The molecule has 200 valence electrons. The van der Waals surface area contributed by atoms with Gasteiger partial charge in [-0.3, -0.25) is 9.48 Å². The highest BCUT2D eigenvalue weighted by atomic mass is 32.2. The molecule has 3 aromatic heterocycles. The Bertz CT molecular complexity index is 1810. The minimum Gasteiger partial charge on any atom is -0.382 e. The van der Waals surface area contributed by atoms with E-state index in [2.05, 4.69) is 22.2 Å². The maximum Gasteiger partial charge on any atom is 0.216 e. The number of ketones is 1. The van der Waals surface area contributed by atoms with Gasteiger partial charge in [-0.1, -0.05) is 42.5 Å². The SMILES string of the molecule is CC(C)S(=O)(=O)N1CCC(C(=O)c2cc(-c3ccc4cn(Cc5ccccc5)nc4c3)c3c(N)ncnn23)C1. The lowest BCUT2D eigenvalue weighted by Crippen LogP contribution is -2.35. The zero-order valence-corrected chi connectivity index (χ0v) is 22.5. The Balaban J connectivity index is 1.36. The first-order valence-corrected chi connectivity index (χ1v) is 14.4. The molecule has 1 aliphatic rings. The Kier molecular flexibility index (Phi) is 6.19. The molecule has 0 bridgehead atoms. The molecule has 11 heteroatoms. The number of Topliss-reactive ketones (excluding diaryl/α,β-unsaturated/α-hetero) is 1. The number of nitrogens with two attached hydrogens (primary N) is 1. The molecule has 0 amide bonds. The first-order valence-electron chi connectivity index (χ1n) is 12.9. The first kappa shape index (κ1) is 25.2. The van der Waals surface area contributed by atoms with Crippen molar-refractivity contribution >= 4 is 38.0 Å². The van der Waals surface area contributed by atoms with Gasteiger partial charge in [-0.15, -0.1) is 0 Å². The molecule has 1 atom stereocenters. The molecule has 1 unspecified atom stereocenters. The maximum atomic E-state index is 13.7. The van der Waals surface area contributed by atoms with Crippen molar-refractivity contribution in [2.45, 2.75) is 32.1 Å². The van der Waals surface area contributed by atoms with Crippen LogP contribution in [0.1, 0.15) is 36.3 Å². The first-order chi connectivity index (χ1) is 18.7. The minimum atomic E-state index is -3.43. The molecule has 0 aliphatic carbocycles. The van der Waals surface area contributed by atoms with Gasteiger partial charge in [0.2, 0.25) is 10.0 Å². The Morgan fingerprint density at radius 2 is 1.92 bits per heavy atom. The molecule has 0 spiro atoms. The van der Waals surface area contributed by atoms with Crippen LogP contribution in [0.5, 0.6) is 0 Å². The van der Waals surface area contributed by atoms with E-state index in [9.17, 15) is 13.2 Å². The summed E-state index contributed by atoms with van der Waals surface area (Å²) in [6, 6.07) is 17.8. The molecule has 1 saturated heterocycles. The second-order valence-electron chi connectivity index (χ2n) is 10.2. The predicted molar refractivity (Wildman–Crippen MR) is 150 cm³/mol. The number of aromatic nitrogens is 5. The maximum absolute atomic E-state index is 13.7. The van der Waals surface area contributed by atoms with Crippen LogP contribution in [0.2, 0.25) is 0 Å². The molecule has 5 aromatic rings. The standard InChI is InChI=1S/C28H29N7O3S/c1-18(2)39(37,38)34-11-10-22(16-34)27(36)25-13-23(26-28(29)30-17-31-35(25)26)20-8-9-21-15-33(32-24(21)12-20)14-19-6-4-3-5-7-19/h3-9,12-13,15,17-18,22H,10-11,14,16H2,1-2H3,(H2,29,30,31). The number of nitrogens with zero attached hydrogens (tertiary/aromatic N) is 6. The molecular formula is C28H29N7O3S. The quantitative estimate of drug-likeness (QED) is 0.311. The van der Waals surface area contributed by atoms with E-state index in [0.717, 1.165) is 27.6 Å². The molecule has 1 aliphatic heterocycles. The van der Waals surface area contributed by atoms with E-state index in [1.165, 1.54) is 15.1 Å². The van der Waals surface area contributed by atoms with Crippen LogP contribution in [0.3, 0.4) is 0 Å². The van der Waals surface area contributed by atoms with Crippen molar-refractivity contribution in [2.24, 2.45) is 5.92 Å². The van der Waals surface area contributed by atoms with Gasteiger partial charge in [-0.2, -0.15) is 10.2 Å². The van der Waals surface area contributed by atoms with E-state index in [1.807, 2.05) is 47.3 Å². The number of sulfonamides is 1. The van der Waals surface area contributed by atoms with Gasteiger partial charge in [0.1, 0.15) is 17.5 Å². The van der Waals surface area contributed by atoms with Gasteiger partial charge in [-0.25, -0.2) is 22.2 Å². The van der Waals surface area contributed by atoms with E-state index in [1.54, 1.807) is 19.9 Å². The smallest absolute Gasteiger partial charge is 0.216 e. The van der Waals surface area contributed by atoms with Crippen LogP contribution in [0, 0.1) is 5.92 Å². The van der Waals surface area contributed by atoms with Crippen molar-refractivity contribution < 1.29 is 13.2 Å². The lowest BCUT2D eigenvalue weighted by Gasteiger charge is -2.18. The number of anilines is 1. The van der Waals surface area contributed by atoms with Gasteiger partial charge >= 0.3 is 0 Å². The summed E-state index contributed by atoms with van der Waals surface area (Å²) in [5.74, 6) is -0.370. The van der Waals surface area contributed by atoms with Crippen LogP contribution >= 0.6 is 0 Å². The second kappa shape index (κ2) is 9.58. The monoisotopic (exact) mass is 543 g/mol. The van der Waals surface area contributed by atoms with Crippen LogP contribution < -0.4 is 5.73 Å². The number of hydrogen-bond acceptors (Lipinski definition) is 7. The van der Waals surface area contributed by atoms with E-state index in [-0.39, 0.29) is 18.1 Å². The molecule has 6 rings (SSSR count). The fourth-order valence-corrected chi connectivity index (χ4v) is 6.57. The molecule has 1 fully saturated rings. The minimum absolute atomic E-state index is 0.160. The van der Waals surface area contributed by atoms with Gasteiger partial charge in [0.15, 0.2) is 11.6 Å². The number of carbonyl (C=O) groups excluding carboxylic acids is 1. The van der Waals surface area contributed by atoms with Crippen molar-refractivity contribution in [2.75, 3.05) is 18.8 Å². The number of fused-ring (bicyclic) bond motifs is 2.